The first-order valence-corrected chi connectivity index (χ1v) is 32.2. The number of carbonyl (C=O) groups is 4. The smallest absolute Gasteiger partial charge is 0.416 e. The summed E-state index contributed by atoms with van der Waals surface area (Å²) in [5, 5.41) is 15.0. The normalized spacial score (nSPS) is 14.6. The SMILES string of the molecule is CCOC(=O)C[C@H](NC(=O)C(CC(C)C)n1cc(CCN2CCC2)c(C(F)(F)F)cc1=O)c1cc(-c2c(C)cc(C)cc2F)cc(C)c1F.Cc1cc(C)c(-c2cc(C)c(F)c([C@H](CC(=O)O)NC(=O)C(CC(C)C)n3cc(CCN4CCC4)c(C(F)(F)F)cc3=O)c2)c(F)c1.S.S. The number of rotatable bonds is 25. The van der Waals surface area contributed by atoms with Crippen LogP contribution in [0.2, 0.25) is 0 Å². The summed E-state index contributed by atoms with van der Waals surface area (Å²) in [6.07, 6.45) is -6.64. The van der Waals surface area contributed by atoms with Gasteiger partial charge in [-0.3, -0.25) is 28.8 Å². The van der Waals surface area contributed by atoms with Crippen LogP contribution in [0.5, 0.6) is 0 Å². The second-order valence-electron chi connectivity index (χ2n) is 26.1. The van der Waals surface area contributed by atoms with Gasteiger partial charge in [0.1, 0.15) is 35.4 Å². The van der Waals surface area contributed by atoms with Gasteiger partial charge in [-0.2, -0.15) is 53.3 Å². The highest BCUT2D eigenvalue weighted by atomic mass is 32.1. The quantitative estimate of drug-likeness (QED) is 0.0370. The van der Waals surface area contributed by atoms with Crippen molar-refractivity contribution in [1.82, 2.24) is 29.6 Å². The fraction of sp³-hybridized carbons (Fsp3) is 0.472. The second-order valence-corrected chi connectivity index (χ2v) is 26.1. The Balaban J connectivity index is 0.000000347. The molecule has 2 amide bonds. The Morgan fingerprint density at radius 3 is 1.21 bits per heavy atom. The summed E-state index contributed by atoms with van der Waals surface area (Å²) in [7, 11) is 0. The van der Waals surface area contributed by atoms with Gasteiger partial charge in [0.2, 0.25) is 11.8 Å². The van der Waals surface area contributed by atoms with E-state index in [-0.39, 0.29) is 121 Å². The summed E-state index contributed by atoms with van der Waals surface area (Å²) in [5.74, 6) is -6.77. The Morgan fingerprint density at radius 1 is 0.541 bits per heavy atom. The van der Waals surface area contributed by atoms with E-state index in [1.54, 1.807) is 74.4 Å². The largest absolute Gasteiger partial charge is 0.481 e. The lowest BCUT2D eigenvalue weighted by Crippen LogP contribution is -2.41. The molecule has 0 bridgehead atoms. The van der Waals surface area contributed by atoms with Crippen molar-refractivity contribution >= 4 is 50.7 Å². The summed E-state index contributed by atoms with van der Waals surface area (Å²) in [4.78, 5) is 83.3. The number of hydrogen-bond donors (Lipinski definition) is 3. The molecule has 2 aliphatic heterocycles. The fourth-order valence-electron chi connectivity index (χ4n) is 12.5. The molecule has 14 nitrogen and oxygen atoms in total. The van der Waals surface area contributed by atoms with Crippen LogP contribution in [-0.4, -0.2) is 93.7 Å². The highest BCUT2D eigenvalue weighted by Crippen LogP contribution is 2.39. The minimum Gasteiger partial charge on any atom is -0.481 e. The van der Waals surface area contributed by atoms with Crippen LogP contribution in [0.15, 0.2) is 82.6 Å². The van der Waals surface area contributed by atoms with E-state index in [9.17, 15) is 60.2 Å². The number of halogens is 10. The molecule has 4 heterocycles. The van der Waals surface area contributed by atoms with Gasteiger partial charge < -0.3 is 39.4 Å². The molecule has 6 aromatic rings. The van der Waals surface area contributed by atoms with E-state index in [0.717, 1.165) is 60.5 Å². The van der Waals surface area contributed by atoms with E-state index >= 15 is 17.6 Å². The summed E-state index contributed by atoms with van der Waals surface area (Å²) < 4.78 is 153. The van der Waals surface area contributed by atoms with Gasteiger partial charge in [-0.25, -0.2) is 17.6 Å². The Hall–Kier alpha value is -7.42. The molecule has 4 aromatic carbocycles. The molecule has 2 unspecified atom stereocenters. The first-order chi connectivity index (χ1) is 44.9. The van der Waals surface area contributed by atoms with E-state index in [2.05, 4.69) is 10.6 Å². The number of esters is 1. The first-order valence-electron chi connectivity index (χ1n) is 32.2. The molecule has 2 aromatic heterocycles. The molecule has 2 saturated heterocycles. The number of amides is 2. The number of alkyl halides is 6. The van der Waals surface area contributed by atoms with Crippen molar-refractivity contribution < 1.29 is 72.9 Å². The van der Waals surface area contributed by atoms with E-state index < -0.39 is 119 Å². The predicted molar refractivity (Wildman–Crippen MR) is 366 cm³/mol. The monoisotopic (exact) mass is 1420 g/mol. The van der Waals surface area contributed by atoms with Crippen molar-refractivity contribution in [1.29, 1.82) is 0 Å². The number of carbonyl (C=O) groups excluding carboxylic acids is 3. The van der Waals surface area contributed by atoms with Gasteiger partial charge in [-0.1, -0.05) is 39.8 Å². The van der Waals surface area contributed by atoms with Gasteiger partial charge in [-0.15, -0.1) is 0 Å². The van der Waals surface area contributed by atoms with E-state index in [0.29, 0.717) is 53.0 Å². The molecule has 3 N–H and O–H groups in total. The maximum absolute atomic E-state index is 15.9. The number of nitrogens with one attached hydrogen (secondary N) is 2. The molecule has 26 heteroatoms. The van der Waals surface area contributed by atoms with Gasteiger partial charge in [0.05, 0.1) is 42.7 Å². The van der Waals surface area contributed by atoms with Crippen LogP contribution in [-0.2, 0) is 49.1 Å². The maximum Gasteiger partial charge on any atom is 0.416 e. The minimum atomic E-state index is -4.79. The molecule has 0 aliphatic carbocycles. The van der Waals surface area contributed by atoms with Crippen molar-refractivity contribution in [2.24, 2.45) is 11.8 Å². The zero-order valence-corrected chi connectivity index (χ0v) is 58.9. The van der Waals surface area contributed by atoms with Gasteiger partial charge in [0, 0.05) is 59.9 Å². The van der Waals surface area contributed by atoms with Crippen LogP contribution in [0.4, 0.5) is 43.9 Å². The first kappa shape index (κ1) is 81.3. The van der Waals surface area contributed by atoms with Crippen molar-refractivity contribution in [3.05, 3.63) is 184 Å². The predicted octanol–water partition coefficient (Wildman–Crippen LogP) is 14.5. The summed E-state index contributed by atoms with van der Waals surface area (Å²) in [6.45, 7) is 22.3. The van der Waals surface area contributed by atoms with Crippen LogP contribution >= 0.6 is 27.0 Å². The number of carboxylic acids is 1. The zero-order chi connectivity index (χ0) is 71.0. The number of pyridine rings is 2. The lowest BCUT2D eigenvalue weighted by atomic mass is 9.91. The standard InChI is InChI=1S/C37H44F5N3O4.C35H40F5N3O4.2H2S/c1-7-49-33(47)19-30(27-17-26(16-24(6)35(27)39)34-23(5)14-22(4)15-29(34)38)43-36(48)31(13-21(2)3)45-20-25(9-12-44-10-8-11-44)28(18-32(45)46)37(40,41)42;1-19(2)11-29(43-18-23(7-10-42-8-6-9-42)26(16-30(43)44)35(38,39)40)34(47)41-28(17-31(45)46)25-15-24(14-22(5)33(25)37)32-21(4)12-20(3)13-27(32)36;;/h14-18,20-21,30-31H,7-13,19H2,1-6H3,(H,43,48);12-16,18-19,28-29H,6-11,17H2,1-5H3,(H,41,47)(H,45,46);2*1H2/t30-,31?;28-,29?;;/m00../s1. The molecular formula is C72H88F10N6O8S2. The topological polar surface area (TPSA) is 172 Å². The van der Waals surface area contributed by atoms with Crippen LogP contribution in [0.3, 0.4) is 0 Å². The Kier molecular flexibility index (Phi) is 28.7. The lowest BCUT2D eigenvalue weighted by Gasteiger charge is -2.31. The number of hydrogen-bond acceptors (Lipinski definition) is 9. The van der Waals surface area contributed by atoms with E-state index in [4.69, 9.17) is 4.74 Å². The maximum atomic E-state index is 15.9. The second kappa shape index (κ2) is 34.6. The molecule has 2 fully saturated rings. The molecule has 4 atom stereocenters. The summed E-state index contributed by atoms with van der Waals surface area (Å²) in [6, 6.07) is 7.45. The van der Waals surface area contributed by atoms with Gasteiger partial charge in [0.25, 0.3) is 11.1 Å². The van der Waals surface area contributed by atoms with Crippen molar-refractivity contribution in [3.8, 4) is 22.3 Å². The van der Waals surface area contributed by atoms with Gasteiger partial charge >= 0.3 is 24.3 Å². The number of aryl methyl sites for hydroxylation is 6. The zero-order valence-electron chi connectivity index (χ0n) is 56.9. The highest BCUT2D eigenvalue weighted by molar-refractivity contribution is 7.59. The number of likely N-dealkylation sites (tertiary alicyclic amines) is 2. The Bertz CT molecular complexity index is 3930. The van der Waals surface area contributed by atoms with Crippen LogP contribution in [0, 0.1) is 76.6 Å². The highest BCUT2D eigenvalue weighted by Gasteiger charge is 2.39. The molecule has 0 radical (unpaired) electrons. The number of aromatic nitrogens is 2. The average molecular weight is 1420 g/mol. The van der Waals surface area contributed by atoms with Crippen LogP contribution in [0.25, 0.3) is 22.3 Å². The van der Waals surface area contributed by atoms with Crippen LogP contribution < -0.4 is 21.8 Å². The van der Waals surface area contributed by atoms with Crippen molar-refractivity contribution in [3.63, 3.8) is 0 Å². The minimum absolute atomic E-state index is 0. The van der Waals surface area contributed by atoms with Gasteiger partial charge in [-0.05, 0) is 217 Å². The molecule has 8 rings (SSSR count). The molecule has 2 aliphatic rings. The average Bonchev–Trinajstić information content (AvgIpc) is 0.797. The molecular weight excluding hydrogens is 1330 g/mol. The molecule has 536 valence electrons. The van der Waals surface area contributed by atoms with Crippen LogP contribution in [0.1, 0.15) is 164 Å². The Labute approximate surface area is 578 Å². The third-order valence-electron chi connectivity index (χ3n) is 17.3. The van der Waals surface area contributed by atoms with Gasteiger partial charge in [0.15, 0.2) is 0 Å². The third kappa shape index (κ3) is 20.6. The summed E-state index contributed by atoms with van der Waals surface area (Å²) >= 11 is 0. The Morgan fingerprint density at radius 2 is 0.908 bits per heavy atom. The molecule has 0 spiro atoms. The number of aliphatic carboxylic acids is 1. The van der Waals surface area contributed by atoms with Crippen molar-refractivity contribution in [2.75, 3.05) is 45.9 Å². The molecule has 98 heavy (non-hydrogen) atoms. The number of ether oxygens (including phenoxy) is 1. The van der Waals surface area contributed by atoms with E-state index in [1.165, 1.54) is 50.2 Å². The number of carboxylic acid groups (broad SMARTS) is 1. The fourth-order valence-corrected chi connectivity index (χ4v) is 12.5. The van der Waals surface area contributed by atoms with E-state index in [1.807, 2.05) is 9.80 Å². The lowest BCUT2D eigenvalue weighted by molar-refractivity contribution is -0.144. The number of nitrogens with zero attached hydrogens (tertiary/aromatic N) is 4. The van der Waals surface area contributed by atoms with Crippen molar-refractivity contribution in [2.45, 2.75) is 164 Å². The summed E-state index contributed by atoms with van der Waals surface area (Å²) in [5.41, 5.74) is -0.931. The molecule has 0 saturated carbocycles. The third-order valence-corrected chi connectivity index (χ3v) is 17.3. The number of benzene rings is 4.